The number of benzene rings is 3. The van der Waals surface area contributed by atoms with Crippen LogP contribution in [0.15, 0.2) is 83.8 Å². The molecule has 0 aliphatic carbocycles. The molecule has 34 heavy (non-hydrogen) atoms. The third-order valence-corrected chi connectivity index (χ3v) is 6.09. The van der Waals surface area contributed by atoms with Gasteiger partial charge in [-0.2, -0.15) is 18.3 Å². The maximum absolute atomic E-state index is 13.5. The van der Waals surface area contributed by atoms with E-state index in [2.05, 4.69) is 5.10 Å². The highest BCUT2D eigenvalue weighted by atomic mass is 32.2. The van der Waals surface area contributed by atoms with Crippen molar-refractivity contribution in [2.75, 3.05) is 7.11 Å². The number of halogens is 3. The molecule has 0 radical (unpaired) electrons. The van der Waals surface area contributed by atoms with Gasteiger partial charge in [-0.3, -0.25) is 0 Å². The molecule has 4 aromatic rings. The van der Waals surface area contributed by atoms with Gasteiger partial charge in [-0.05, 0) is 42.0 Å². The van der Waals surface area contributed by atoms with Crippen LogP contribution < -0.4 is 9.88 Å². The molecule has 10 heteroatoms. The number of hydrogen-bond donors (Lipinski definition) is 1. The second kappa shape index (κ2) is 8.96. The average Bonchev–Trinajstić information content (AvgIpc) is 3.16. The van der Waals surface area contributed by atoms with Crippen molar-refractivity contribution in [1.82, 2.24) is 9.78 Å². The minimum absolute atomic E-state index is 0.108. The van der Waals surface area contributed by atoms with E-state index in [4.69, 9.17) is 9.88 Å². The molecule has 0 unspecified atom stereocenters. The summed E-state index contributed by atoms with van der Waals surface area (Å²) in [5.41, 5.74) is 2.04. The van der Waals surface area contributed by atoms with E-state index in [-0.39, 0.29) is 16.2 Å². The summed E-state index contributed by atoms with van der Waals surface area (Å²) in [5, 5.41) is 9.56. The van der Waals surface area contributed by atoms with E-state index >= 15 is 0 Å². The Balaban J connectivity index is 2.02. The van der Waals surface area contributed by atoms with Crippen LogP contribution in [0.4, 0.5) is 13.2 Å². The lowest BCUT2D eigenvalue weighted by atomic mass is 9.97. The van der Waals surface area contributed by atoms with Gasteiger partial charge in [0.25, 0.3) is 0 Å². The molecule has 0 aliphatic heterocycles. The summed E-state index contributed by atoms with van der Waals surface area (Å²) in [6, 6.07) is 21.0. The van der Waals surface area contributed by atoms with Crippen molar-refractivity contribution in [2.45, 2.75) is 17.5 Å². The highest BCUT2D eigenvalue weighted by Crippen LogP contribution is 2.39. The van der Waals surface area contributed by atoms with E-state index in [0.29, 0.717) is 28.3 Å². The SMILES string of the molecule is COc1ccc(-c2c(CC(F)(F)F)nn(-c3ccccc3)c2-c2ccc(S(N)(=O)=O)cc2)cc1. The molecule has 0 saturated carbocycles. The fourth-order valence-electron chi connectivity index (χ4n) is 3.66. The Labute approximate surface area is 194 Å². The normalized spacial score (nSPS) is 12.0. The molecular formula is C24H20F3N3O3S. The fourth-order valence-corrected chi connectivity index (χ4v) is 4.18. The van der Waals surface area contributed by atoms with E-state index in [1.807, 2.05) is 0 Å². The van der Waals surface area contributed by atoms with Crippen LogP contribution in [0.2, 0.25) is 0 Å². The van der Waals surface area contributed by atoms with Crippen LogP contribution >= 0.6 is 0 Å². The quantitative estimate of drug-likeness (QED) is 0.416. The van der Waals surface area contributed by atoms with Gasteiger partial charge in [-0.25, -0.2) is 18.2 Å². The second-order valence-corrected chi connectivity index (χ2v) is 9.07. The number of para-hydroxylation sites is 1. The van der Waals surface area contributed by atoms with E-state index in [9.17, 15) is 21.6 Å². The predicted octanol–water partition coefficient (Wildman–Crippen LogP) is 4.97. The van der Waals surface area contributed by atoms with Gasteiger partial charge in [0.2, 0.25) is 10.0 Å². The number of primary sulfonamides is 1. The minimum Gasteiger partial charge on any atom is -0.497 e. The number of nitrogens with zero attached hydrogens (tertiary/aromatic N) is 2. The first kappa shape index (κ1) is 23.5. The third kappa shape index (κ3) is 4.97. The summed E-state index contributed by atoms with van der Waals surface area (Å²) in [6.07, 6.45) is -5.73. The van der Waals surface area contributed by atoms with Crippen LogP contribution in [0.25, 0.3) is 28.1 Å². The maximum atomic E-state index is 13.5. The summed E-state index contributed by atoms with van der Waals surface area (Å²) in [7, 11) is -2.44. The number of sulfonamides is 1. The zero-order valence-corrected chi connectivity index (χ0v) is 18.8. The molecule has 0 fully saturated rings. The molecule has 176 valence electrons. The third-order valence-electron chi connectivity index (χ3n) is 5.16. The van der Waals surface area contributed by atoms with Gasteiger partial charge in [0.1, 0.15) is 5.75 Å². The van der Waals surface area contributed by atoms with E-state index < -0.39 is 22.6 Å². The van der Waals surface area contributed by atoms with E-state index in [1.165, 1.54) is 36.1 Å². The van der Waals surface area contributed by atoms with Crippen molar-refractivity contribution in [2.24, 2.45) is 5.14 Å². The largest absolute Gasteiger partial charge is 0.497 e. The molecule has 0 atom stereocenters. The standard InChI is InChI=1S/C24H20F3N3O3S/c1-33-19-11-7-16(8-12-19)22-21(15-24(25,26)27)29-30(18-5-3-2-4-6-18)23(22)17-9-13-20(14-10-17)34(28,31)32/h2-14H,15H2,1H3,(H2,28,31,32). The molecule has 0 aliphatic rings. The molecule has 0 saturated heterocycles. The lowest BCUT2D eigenvalue weighted by Gasteiger charge is -2.12. The molecule has 0 amide bonds. The Morgan fingerprint density at radius 2 is 1.50 bits per heavy atom. The summed E-state index contributed by atoms with van der Waals surface area (Å²) in [6.45, 7) is 0. The van der Waals surface area contributed by atoms with Crippen molar-refractivity contribution < 1.29 is 26.3 Å². The number of aromatic nitrogens is 2. The number of alkyl halides is 3. The maximum Gasteiger partial charge on any atom is 0.394 e. The predicted molar refractivity (Wildman–Crippen MR) is 122 cm³/mol. The van der Waals surface area contributed by atoms with Crippen LogP contribution in [0.1, 0.15) is 5.69 Å². The Morgan fingerprint density at radius 1 is 0.912 bits per heavy atom. The first-order chi connectivity index (χ1) is 16.1. The van der Waals surface area contributed by atoms with Crippen molar-refractivity contribution in [3.8, 4) is 33.8 Å². The number of hydrogen-bond acceptors (Lipinski definition) is 4. The molecule has 1 heterocycles. The zero-order chi connectivity index (χ0) is 24.5. The number of ether oxygens (including phenoxy) is 1. The van der Waals surface area contributed by atoms with Crippen LogP contribution in [0, 0.1) is 0 Å². The monoisotopic (exact) mass is 487 g/mol. The highest BCUT2D eigenvalue weighted by molar-refractivity contribution is 7.89. The van der Waals surface area contributed by atoms with Crippen LogP contribution in [-0.2, 0) is 16.4 Å². The van der Waals surface area contributed by atoms with Gasteiger partial charge in [0, 0.05) is 11.1 Å². The van der Waals surface area contributed by atoms with Gasteiger partial charge in [0.15, 0.2) is 0 Å². The number of rotatable bonds is 6. The summed E-state index contributed by atoms with van der Waals surface area (Å²) < 4.78 is 70.6. The molecule has 0 spiro atoms. The van der Waals surface area contributed by atoms with Crippen LogP contribution in [-0.4, -0.2) is 31.5 Å². The Morgan fingerprint density at radius 3 is 2.03 bits per heavy atom. The fraction of sp³-hybridized carbons (Fsp3) is 0.125. The summed E-state index contributed by atoms with van der Waals surface area (Å²) in [5.74, 6) is 0.552. The molecule has 6 nitrogen and oxygen atoms in total. The molecular weight excluding hydrogens is 467 g/mol. The second-order valence-electron chi connectivity index (χ2n) is 7.51. The van der Waals surface area contributed by atoms with Crippen molar-refractivity contribution in [3.63, 3.8) is 0 Å². The average molecular weight is 488 g/mol. The van der Waals surface area contributed by atoms with Gasteiger partial charge in [0.05, 0.1) is 35.5 Å². The number of nitrogens with two attached hydrogens (primary N) is 1. The highest BCUT2D eigenvalue weighted by Gasteiger charge is 2.33. The van der Waals surface area contributed by atoms with E-state index in [0.717, 1.165) is 0 Å². The van der Waals surface area contributed by atoms with Crippen LogP contribution in [0.5, 0.6) is 5.75 Å². The molecule has 2 N–H and O–H groups in total. The van der Waals surface area contributed by atoms with Crippen molar-refractivity contribution in [3.05, 3.63) is 84.6 Å². The lowest BCUT2D eigenvalue weighted by Crippen LogP contribution is -2.13. The van der Waals surface area contributed by atoms with Gasteiger partial charge >= 0.3 is 6.18 Å². The smallest absolute Gasteiger partial charge is 0.394 e. The number of methoxy groups -OCH3 is 1. The van der Waals surface area contributed by atoms with Gasteiger partial charge in [-0.15, -0.1) is 0 Å². The Hall–Kier alpha value is -3.63. The van der Waals surface area contributed by atoms with Crippen LogP contribution in [0.3, 0.4) is 0 Å². The van der Waals surface area contributed by atoms with Crippen molar-refractivity contribution in [1.29, 1.82) is 0 Å². The van der Waals surface area contributed by atoms with Gasteiger partial charge in [-0.1, -0.05) is 42.5 Å². The zero-order valence-electron chi connectivity index (χ0n) is 18.0. The summed E-state index contributed by atoms with van der Waals surface area (Å²) in [4.78, 5) is -0.108. The first-order valence-corrected chi connectivity index (χ1v) is 11.6. The minimum atomic E-state index is -4.49. The topological polar surface area (TPSA) is 87.2 Å². The molecule has 3 aromatic carbocycles. The Kier molecular flexibility index (Phi) is 6.20. The molecule has 4 rings (SSSR count). The summed E-state index contributed by atoms with van der Waals surface area (Å²) >= 11 is 0. The van der Waals surface area contributed by atoms with Gasteiger partial charge < -0.3 is 4.74 Å². The first-order valence-electron chi connectivity index (χ1n) is 10.1. The lowest BCUT2D eigenvalue weighted by molar-refractivity contribution is -0.127. The molecule has 0 bridgehead atoms. The molecule has 1 aromatic heterocycles. The van der Waals surface area contributed by atoms with Crippen molar-refractivity contribution >= 4 is 10.0 Å². The Bertz CT molecular complexity index is 1400. The van der Waals surface area contributed by atoms with E-state index in [1.54, 1.807) is 54.6 Å².